The highest BCUT2D eigenvalue weighted by Gasteiger charge is 2.14. The Bertz CT molecular complexity index is 711. The molecule has 1 aliphatic carbocycles. The number of benzene rings is 2. The van der Waals surface area contributed by atoms with Gasteiger partial charge in [0.15, 0.2) is 5.96 Å². The molecule has 5 nitrogen and oxygen atoms in total. The van der Waals surface area contributed by atoms with Crippen LogP contribution in [0, 0.1) is 0 Å². The number of nitrogens with zero attached hydrogens (tertiary/aromatic N) is 1. The molecule has 0 atom stereocenters. The van der Waals surface area contributed by atoms with Crippen LogP contribution in [0.4, 0.5) is 5.69 Å². The summed E-state index contributed by atoms with van der Waals surface area (Å²) >= 11 is 0. The minimum atomic E-state index is 0. The maximum absolute atomic E-state index is 6.05. The molecular formula is C21H28IN3O2. The lowest BCUT2D eigenvalue weighted by Gasteiger charge is -2.23. The molecule has 6 heteroatoms. The number of halogens is 1. The number of hydrogen-bond donors (Lipinski definition) is 2. The summed E-state index contributed by atoms with van der Waals surface area (Å²) in [6.45, 7) is 0.526. The Balaban J connectivity index is 0.00000261. The lowest BCUT2D eigenvalue weighted by atomic mass is 9.98. The average Bonchev–Trinajstić information content (AvgIpc) is 2.69. The molecule has 1 aliphatic rings. The van der Waals surface area contributed by atoms with Gasteiger partial charge in [-0.15, -0.1) is 24.0 Å². The fourth-order valence-corrected chi connectivity index (χ4v) is 3.09. The summed E-state index contributed by atoms with van der Waals surface area (Å²) in [5.74, 6) is 2.13. The Hall–Kier alpha value is -1.96. The van der Waals surface area contributed by atoms with Gasteiger partial charge in [-0.05, 0) is 67.6 Å². The molecule has 0 spiro atoms. The topological polar surface area (TPSA) is 68.9 Å². The maximum Gasteiger partial charge on any atom is 0.193 e. The number of aliphatic imine (C=N–C) groups is 1. The van der Waals surface area contributed by atoms with E-state index < -0.39 is 0 Å². The van der Waals surface area contributed by atoms with Crippen molar-refractivity contribution < 1.29 is 9.47 Å². The van der Waals surface area contributed by atoms with Crippen LogP contribution in [-0.2, 0) is 6.54 Å². The Morgan fingerprint density at radius 1 is 1.00 bits per heavy atom. The number of rotatable bonds is 6. The predicted molar refractivity (Wildman–Crippen MR) is 121 cm³/mol. The predicted octanol–water partition coefficient (Wildman–Crippen LogP) is 4.95. The SMILES string of the molecule is COc1ccc(NC(N)=NCc2ccc(OC3CCCCC3)cc2)cc1.I. The molecule has 0 radical (unpaired) electrons. The van der Waals surface area contributed by atoms with Gasteiger partial charge in [0.1, 0.15) is 11.5 Å². The van der Waals surface area contributed by atoms with Gasteiger partial charge in [0.2, 0.25) is 0 Å². The zero-order chi connectivity index (χ0) is 18.2. The number of ether oxygens (including phenoxy) is 2. The molecule has 2 aromatic rings. The number of hydrogen-bond acceptors (Lipinski definition) is 3. The van der Waals surface area contributed by atoms with Crippen molar-refractivity contribution >= 4 is 35.6 Å². The van der Waals surface area contributed by atoms with E-state index in [2.05, 4.69) is 10.3 Å². The molecule has 0 amide bonds. The van der Waals surface area contributed by atoms with Gasteiger partial charge in [0.25, 0.3) is 0 Å². The van der Waals surface area contributed by atoms with Gasteiger partial charge in [0.05, 0.1) is 19.8 Å². The van der Waals surface area contributed by atoms with Crippen LogP contribution in [0.25, 0.3) is 0 Å². The van der Waals surface area contributed by atoms with Crippen LogP contribution >= 0.6 is 24.0 Å². The first-order valence-corrected chi connectivity index (χ1v) is 9.19. The summed E-state index contributed by atoms with van der Waals surface area (Å²) in [5.41, 5.74) is 7.94. The zero-order valence-corrected chi connectivity index (χ0v) is 18.0. The summed E-state index contributed by atoms with van der Waals surface area (Å²) in [4.78, 5) is 4.39. The molecule has 0 heterocycles. The third-order valence-electron chi connectivity index (χ3n) is 4.57. The minimum Gasteiger partial charge on any atom is -0.497 e. The van der Waals surface area contributed by atoms with E-state index in [-0.39, 0.29) is 24.0 Å². The molecule has 0 aliphatic heterocycles. The number of nitrogens with two attached hydrogens (primary N) is 1. The monoisotopic (exact) mass is 481 g/mol. The fourth-order valence-electron chi connectivity index (χ4n) is 3.09. The van der Waals surface area contributed by atoms with Gasteiger partial charge in [-0.1, -0.05) is 18.6 Å². The van der Waals surface area contributed by atoms with Gasteiger partial charge in [-0.3, -0.25) is 0 Å². The van der Waals surface area contributed by atoms with Crippen molar-refractivity contribution in [2.24, 2.45) is 10.7 Å². The fraction of sp³-hybridized carbons (Fsp3) is 0.381. The van der Waals surface area contributed by atoms with Gasteiger partial charge < -0.3 is 20.5 Å². The van der Waals surface area contributed by atoms with Crippen molar-refractivity contribution in [2.75, 3.05) is 12.4 Å². The number of guanidine groups is 1. The van der Waals surface area contributed by atoms with Crippen molar-refractivity contribution in [3.05, 3.63) is 54.1 Å². The van der Waals surface area contributed by atoms with E-state index in [0.717, 1.165) is 22.7 Å². The van der Waals surface area contributed by atoms with E-state index in [0.29, 0.717) is 18.6 Å². The second-order valence-electron chi connectivity index (χ2n) is 6.58. The Kier molecular flexibility index (Phi) is 8.71. The summed E-state index contributed by atoms with van der Waals surface area (Å²) in [6, 6.07) is 15.7. The average molecular weight is 481 g/mol. The van der Waals surface area contributed by atoms with E-state index in [1.165, 1.54) is 32.1 Å². The van der Waals surface area contributed by atoms with Crippen molar-refractivity contribution in [3.63, 3.8) is 0 Å². The highest BCUT2D eigenvalue weighted by molar-refractivity contribution is 14.0. The summed E-state index contributed by atoms with van der Waals surface area (Å²) in [7, 11) is 1.64. The lowest BCUT2D eigenvalue weighted by molar-refractivity contribution is 0.155. The Labute approximate surface area is 178 Å². The quantitative estimate of drug-likeness (QED) is 0.348. The molecule has 27 heavy (non-hydrogen) atoms. The maximum atomic E-state index is 6.05. The zero-order valence-electron chi connectivity index (χ0n) is 15.7. The van der Waals surface area contributed by atoms with Crippen LogP contribution < -0.4 is 20.5 Å². The normalized spacial score (nSPS) is 14.9. The van der Waals surface area contributed by atoms with Crippen molar-refractivity contribution in [1.82, 2.24) is 0 Å². The summed E-state index contributed by atoms with van der Waals surface area (Å²) in [5, 5.41) is 3.08. The van der Waals surface area contributed by atoms with E-state index in [9.17, 15) is 0 Å². The minimum absolute atomic E-state index is 0. The Morgan fingerprint density at radius 2 is 1.63 bits per heavy atom. The van der Waals surface area contributed by atoms with Crippen LogP contribution in [0.5, 0.6) is 11.5 Å². The van der Waals surface area contributed by atoms with Gasteiger partial charge in [0, 0.05) is 5.69 Å². The van der Waals surface area contributed by atoms with Gasteiger partial charge in [-0.2, -0.15) is 0 Å². The molecular weight excluding hydrogens is 453 g/mol. The van der Waals surface area contributed by atoms with Gasteiger partial charge in [-0.25, -0.2) is 4.99 Å². The first-order chi connectivity index (χ1) is 12.7. The molecule has 2 aromatic carbocycles. The highest BCUT2D eigenvalue weighted by Crippen LogP contribution is 2.23. The summed E-state index contributed by atoms with van der Waals surface area (Å²) in [6.07, 6.45) is 6.59. The first-order valence-electron chi connectivity index (χ1n) is 9.19. The molecule has 1 fully saturated rings. The molecule has 146 valence electrons. The number of anilines is 1. The molecule has 3 rings (SSSR count). The molecule has 1 saturated carbocycles. The first kappa shape index (κ1) is 21.3. The van der Waals surface area contributed by atoms with E-state index in [1.54, 1.807) is 7.11 Å². The molecule has 0 unspecified atom stereocenters. The van der Waals surface area contributed by atoms with Crippen LogP contribution in [0.3, 0.4) is 0 Å². The van der Waals surface area contributed by atoms with Crippen LogP contribution in [0.15, 0.2) is 53.5 Å². The van der Waals surface area contributed by atoms with Crippen LogP contribution in [0.1, 0.15) is 37.7 Å². The van der Waals surface area contributed by atoms with Crippen LogP contribution in [-0.4, -0.2) is 19.2 Å². The van der Waals surface area contributed by atoms with Crippen molar-refractivity contribution in [3.8, 4) is 11.5 Å². The lowest BCUT2D eigenvalue weighted by Crippen LogP contribution is -2.22. The molecule has 0 bridgehead atoms. The van der Waals surface area contributed by atoms with Gasteiger partial charge >= 0.3 is 0 Å². The standard InChI is InChI=1S/C21H27N3O2.HI/c1-25-18-13-9-17(10-14-18)24-21(22)23-15-16-7-11-20(12-8-16)26-19-5-3-2-4-6-19;/h7-14,19H,2-6,15H2,1H3,(H3,22,23,24);1H. The third-order valence-corrected chi connectivity index (χ3v) is 4.57. The Morgan fingerprint density at radius 3 is 2.26 bits per heavy atom. The van der Waals surface area contributed by atoms with Crippen molar-refractivity contribution in [1.29, 1.82) is 0 Å². The summed E-state index contributed by atoms with van der Waals surface area (Å²) < 4.78 is 11.2. The molecule has 0 aromatic heterocycles. The van der Waals surface area contributed by atoms with Crippen LogP contribution in [0.2, 0.25) is 0 Å². The second kappa shape index (κ2) is 11.0. The van der Waals surface area contributed by atoms with E-state index >= 15 is 0 Å². The van der Waals surface area contributed by atoms with E-state index in [1.807, 2.05) is 48.5 Å². The third kappa shape index (κ3) is 6.93. The number of methoxy groups -OCH3 is 1. The highest BCUT2D eigenvalue weighted by atomic mass is 127. The number of nitrogens with one attached hydrogen (secondary N) is 1. The largest absolute Gasteiger partial charge is 0.497 e. The second-order valence-corrected chi connectivity index (χ2v) is 6.58. The van der Waals surface area contributed by atoms with E-state index in [4.69, 9.17) is 15.2 Å². The van der Waals surface area contributed by atoms with Crippen molar-refractivity contribution in [2.45, 2.75) is 44.8 Å². The molecule has 3 N–H and O–H groups in total. The molecule has 0 saturated heterocycles. The smallest absolute Gasteiger partial charge is 0.193 e.